The number of aryl methyl sites for hydroxylation is 1. The van der Waals surface area contributed by atoms with Crippen molar-refractivity contribution in [1.29, 1.82) is 0 Å². The molecule has 1 aromatic carbocycles. The minimum absolute atomic E-state index is 0.413. The number of hydrogen-bond donors (Lipinski definition) is 2. The SMILES string of the molecule is CNC(=O)NC(=O)[C@H](C)Sc1nnnn1-c1ccccc1C. The molecule has 2 rings (SSSR count). The number of benzene rings is 1. The molecule has 0 aliphatic carbocycles. The Balaban J connectivity index is 2.15. The fourth-order valence-electron chi connectivity index (χ4n) is 1.69. The van der Waals surface area contributed by atoms with Gasteiger partial charge in [-0.25, -0.2) is 4.79 Å². The number of carbonyl (C=O) groups is 2. The van der Waals surface area contributed by atoms with Gasteiger partial charge in [0.25, 0.3) is 0 Å². The number of nitrogens with one attached hydrogen (secondary N) is 2. The summed E-state index contributed by atoms with van der Waals surface area (Å²) in [6.07, 6.45) is 0. The molecule has 0 radical (unpaired) electrons. The highest BCUT2D eigenvalue weighted by Crippen LogP contribution is 2.24. The van der Waals surface area contributed by atoms with Gasteiger partial charge in [0.15, 0.2) is 0 Å². The number of tetrazole rings is 1. The van der Waals surface area contributed by atoms with Crippen molar-refractivity contribution in [1.82, 2.24) is 30.8 Å². The van der Waals surface area contributed by atoms with Gasteiger partial charge >= 0.3 is 6.03 Å². The molecule has 0 spiro atoms. The highest BCUT2D eigenvalue weighted by Gasteiger charge is 2.20. The van der Waals surface area contributed by atoms with Crippen molar-refractivity contribution >= 4 is 23.7 Å². The number of nitrogens with zero attached hydrogens (tertiary/aromatic N) is 4. The molecule has 1 atom stereocenters. The summed E-state index contributed by atoms with van der Waals surface area (Å²) in [5, 5.41) is 16.1. The molecule has 116 valence electrons. The van der Waals surface area contributed by atoms with Crippen LogP contribution in [0, 0.1) is 6.92 Å². The van der Waals surface area contributed by atoms with Crippen LogP contribution in [0.5, 0.6) is 0 Å². The van der Waals surface area contributed by atoms with Crippen LogP contribution in [-0.2, 0) is 4.79 Å². The Morgan fingerprint density at radius 1 is 1.32 bits per heavy atom. The molecule has 0 bridgehead atoms. The predicted octanol–water partition coefficient (Wildman–Crippen LogP) is 0.907. The van der Waals surface area contributed by atoms with Crippen molar-refractivity contribution in [3.05, 3.63) is 29.8 Å². The third-order valence-electron chi connectivity index (χ3n) is 2.90. The maximum Gasteiger partial charge on any atom is 0.321 e. The van der Waals surface area contributed by atoms with Gasteiger partial charge in [-0.1, -0.05) is 30.0 Å². The Kier molecular flexibility index (Phi) is 5.10. The van der Waals surface area contributed by atoms with E-state index in [1.165, 1.54) is 18.8 Å². The summed E-state index contributed by atoms with van der Waals surface area (Å²) in [7, 11) is 1.44. The lowest BCUT2D eigenvalue weighted by molar-refractivity contribution is -0.119. The van der Waals surface area contributed by atoms with Crippen LogP contribution in [-0.4, -0.2) is 44.4 Å². The molecule has 2 aromatic rings. The zero-order valence-electron chi connectivity index (χ0n) is 12.4. The topological polar surface area (TPSA) is 102 Å². The first-order valence-electron chi connectivity index (χ1n) is 6.56. The van der Waals surface area contributed by atoms with Gasteiger partial charge < -0.3 is 5.32 Å². The minimum atomic E-state index is -0.545. The van der Waals surface area contributed by atoms with Crippen molar-refractivity contribution in [3.8, 4) is 5.69 Å². The van der Waals surface area contributed by atoms with Crippen molar-refractivity contribution in [2.75, 3.05) is 7.05 Å². The number of aromatic nitrogens is 4. The van der Waals surface area contributed by atoms with Gasteiger partial charge in [-0.3, -0.25) is 10.1 Å². The van der Waals surface area contributed by atoms with E-state index in [1.807, 2.05) is 31.2 Å². The smallest absolute Gasteiger partial charge is 0.321 e. The number of amides is 3. The monoisotopic (exact) mass is 320 g/mol. The second-order valence-corrected chi connectivity index (χ2v) is 5.80. The van der Waals surface area contributed by atoms with Crippen LogP contribution in [0.15, 0.2) is 29.4 Å². The zero-order valence-corrected chi connectivity index (χ0v) is 13.2. The summed E-state index contributed by atoms with van der Waals surface area (Å²) in [4.78, 5) is 23.0. The van der Waals surface area contributed by atoms with Crippen molar-refractivity contribution in [2.24, 2.45) is 0 Å². The highest BCUT2D eigenvalue weighted by atomic mass is 32.2. The standard InChI is InChI=1S/C13H16N6O2S/c1-8-6-4-5-7-10(8)19-13(16-17-18-19)22-9(2)11(20)15-12(21)14-3/h4-7,9H,1-3H3,(H2,14,15,20,21)/t9-/m0/s1. The van der Waals surface area contributed by atoms with E-state index in [0.717, 1.165) is 11.3 Å². The molecule has 0 saturated heterocycles. The normalized spacial score (nSPS) is 11.8. The van der Waals surface area contributed by atoms with Crippen LogP contribution >= 0.6 is 11.8 Å². The van der Waals surface area contributed by atoms with Crippen molar-refractivity contribution < 1.29 is 9.59 Å². The second-order valence-electron chi connectivity index (χ2n) is 4.49. The van der Waals surface area contributed by atoms with E-state index in [2.05, 4.69) is 26.2 Å². The van der Waals surface area contributed by atoms with Crippen LogP contribution in [0.25, 0.3) is 5.69 Å². The van der Waals surface area contributed by atoms with Gasteiger partial charge in [0.05, 0.1) is 10.9 Å². The number of hydrogen-bond acceptors (Lipinski definition) is 6. The zero-order chi connectivity index (χ0) is 16.1. The van der Waals surface area contributed by atoms with Crippen LogP contribution in [0.2, 0.25) is 0 Å². The van der Waals surface area contributed by atoms with Gasteiger partial charge in [-0.2, -0.15) is 4.68 Å². The lowest BCUT2D eigenvalue weighted by atomic mass is 10.2. The molecule has 8 nitrogen and oxygen atoms in total. The van der Waals surface area contributed by atoms with Crippen LogP contribution in [0.4, 0.5) is 4.79 Å². The summed E-state index contributed by atoms with van der Waals surface area (Å²) >= 11 is 1.18. The number of urea groups is 1. The predicted molar refractivity (Wildman–Crippen MR) is 81.8 cm³/mol. The molecular formula is C13H16N6O2S. The van der Waals surface area contributed by atoms with Gasteiger partial charge in [-0.15, -0.1) is 5.10 Å². The van der Waals surface area contributed by atoms with Gasteiger partial charge in [0.2, 0.25) is 11.1 Å². The fraction of sp³-hybridized carbons (Fsp3) is 0.308. The van der Waals surface area contributed by atoms with Gasteiger partial charge in [-0.05, 0) is 35.9 Å². The lowest BCUT2D eigenvalue weighted by Crippen LogP contribution is -2.41. The Bertz CT molecular complexity index is 687. The molecule has 1 heterocycles. The quantitative estimate of drug-likeness (QED) is 0.812. The molecule has 0 aliphatic rings. The summed E-state index contributed by atoms with van der Waals surface area (Å²) in [6, 6.07) is 7.12. The summed E-state index contributed by atoms with van der Waals surface area (Å²) in [6.45, 7) is 3.63. The number of carbonyl (C=O) groups excluding carboxylic acids is 2. The van der Waals surface area contributed by atoms with E-state index in [9.17, 15) is 9.59 Å². The Morgan fingerprint density at radius 2 is 2.05 bits per heavy atom. The molecule has 2 N–H and O–H groups in total. The van der Waals surface area contributed by atoms with Crippen molar-refractivity contribution in [2.45, 2.75) is 24.3 Å². The van der Waals surface area contributed by atoms with E-state index in [-0.39, 0.29) is 0 Å². The van der Waals surface area contributed by atoms with E-state index < -0.39 is 17.2 Å². The fourth-order valence-corrected chi connectivity index (χ4v) is 2.49. The molecule has 0 unspecified atom stereocenters. The minimum Gasteiger partial charge on any atom is -0.341 e. The largest absolute Gasteiger partial charge is 0.341 e. The van der Waals surface area contributed by atoms with E-state index >= 15 is 0 Å². The van der Waals surface area contributed by atoms with E-state index in [1.54, 1.807) is 11.6 Å². The first kappa shape index (κ1) is 16.0. The summed E-state index contributed by atoms with van der Waals surface area (Å²) in [5.74, 6) is -0.413. The van der Waals surface area contributed by atoms with Crippen molar-refractivity contribution in [3.63, 3.8) is 0 Å². The van der Waals surface area contributed by atoms with Crippen LogP contribution in [0.1, 0.15) is 12.5 Å². The lowest BCUT2D eigenvalue weighted by Gasteiger charge is -2.11. The molecule has 0 saturated carbocycles. The van der Waals surface area contributed by atoms with Crippen LogP contribution < -0.4 is 10.6 Å². The summed E-state index contributed by atoms with van der Waals surface area (Å²) in [5.41, 5.74) is 1.85. The van der Waals surface area contributed by atoms with E-state index in [4.69, 9.17) is 0 Å². The molecule has 3 amide bonds. The Hall–Kier alpha value is -2.42. The maximum atomic E-state index is 11.9. The summed E-state index contributed by atoms with van der Waals surface area (Å²) < 4.78 is 1.57. The van der Waals surface area contributed by atoms with Gasteiger partial charge in [0, 0.05) is 7.05 Å². The number of para-hydroxylation sites is 1. The molecule has 22 heavy (non-hydrogen) atoms. The third kappa shape index (κ3) is 3.61. The van der Waals surface area contributed by atoms with Gasteiger partial charge in [0.1, 0.15) is 0 Å². The maximum absolute atomic E-state index is 11.9. The first-order chi connectivity index (χ1) is 10.5. The molecule has 9 heteroatoms. The molecule has 0 aliphatic heterocycles. The average molecular weight is 320 g/mol. The number of rotatable bonds is 4. The molecule has 1 aromatic heterocycles. The average Bonchev–Trinajstić information content (AvgIpc) is 2.95. The Labute approximate surface area is 131 Å². The Morgan fingerprint density at radius 3 is 2.73 bits per heavy atom. The number of imide groups is 1. The first-order valence-corrected chi connectivity index (χ1v) is 7.44. The number of thioether (sulfide) groups is 1. The highest BCUT2D eigenvalue weighted by molar-refractivity contribution is 8.00. The third-order valence-corrected chi connectivity index (χ3v) is 3.93. The second kappa shape index (κ2) is 7.03. The molecular weight excluding hydrogens is 304 g/mol. The van der Waals surface area contributed by atoms with Crippen LogP contribution in [0.3, 0.4) is 0 Å². The molecule has 0 fully saturated rings. The van der Waals surface area contributed by atoms with E-state index in [0.29, 0.717) is 5.16 Å².